The molecule has 1 aliphatic rings. The maximum Gasteiger partial charge on any atom is 0.320 e. The molecule has 0 spiro atoms. The Bertz CT molecular complexity index is 337. The number of ether oxygens (including phenoxy) is 1. The number of hydrogen-bond acceptors (Lipinski definition) is 5. The molecular formula is C10H19NO4S. The Labute approximate surface area is 96.5 Å². The van der Waals surface area contributed by atoms with Crippen molar-refractivity contribution in [3.8, 4) is 0 Å². The summed E-state index contributed by atoms with van der Waals surface area (Å²) >= 11 is 0. The molecule has 16 heavy (non-hydrogen) atoms. The van der Waals surface area contributed by atoms with Gasteiger partial charge in [0.25, 0.3) is 0 Å². The number of nitrogens with one attached hydrogen (secondary N) is 1. The van der Waals surface area contributed by atoms with Crippen molar-refractivity contribution < 1.29 is 17.9 Å². The van der Waals surface area contributed by atoms with E-state index in [1.165, 1.54) is 0 Å². The van der Waals surface area contributed by atoms with E-state index in [0.717, 1.165) is 6.42 Å². The van der Waals surface area contributed by atoms with E-state index in [-0.39, 0.29) is 29.6 Å². The molecule has 1 rings (SSSR count). The third-order valence-corrected chi connectivity index (χ3v) is 4.75. The van der Waals surface area contributed by atoms with Gasteiger partial charge in [-0.15, -0.1) is 0 Å². The predicted octanol–water partition coefficient (Wildman–Crippen LogP) is 0.105. The summed E-state index contributed by atoms with van der Waals surface area (Å²) in [6, 6.07) is 0. The van der Waals surface area contributed by atoms with Crippen LogP contribution >= 0.6 is 0 Å². The van der Waals surface area contributed by atoms with E-state index < -0.39 is 9.84 Å². The Balaban J connectivity index is 2.23. The van der Waals surface area contributed by atoms with Crippen molar-refractivity contribution >= 4 is 15.8 Å². The second-order valence-corrected chi connectivity index (χ2v) is 6.70. The van der Waals surface area contributed by atoms with Gasteiger partial charge >= 0.3 is 5.97 Å². The molecule has 0 bridgehead atoms. The number of carbonyl (C=O) groups excluding carboxylic acids is 1. The summed E-state index contributed by atoms with van der Waals surface area (Å²) in [5.74, 6) is -0.0686. The molecule has 0 saturated carbocycles. The fourth-order valence-electron chi connectivity index (χ4n) is 1.73. The van der Waals surface area contributed by atoms with E-state index >= 15 is 0 Å². The number of carbonyl (C=O) groups is 1. The van der Waals surface area contributed by atoms with Gasteiger partial charge in [0.05, 0.1) is 23.7 Å². The average molecular weight is 249 g/mol. The van der Waals surface area contributed by atoms with Crippen LogP contribution in [-0.2, 0) is 19.4 Å². The highest BCUT2D eigenvalue weighted by molar-refractivity contribution is 7.92. The molecule has 0 aliphatic carbocycles. The van der Waals surface area contributed by atoms with Crippen molar-refractivity contribution in [3.63, 3.8) is 0 Å². The Morgan fingerprint density at radius 3 is 2.69 bits per heavy atom. The smallest absolute Gasteiger partial charge is 0.320 e. The monoisotopic (exact) mass is 249 g/mol. The van der Waals surface area contributed by atoms with Crippen molar-refractivity contribution in [3.05, 3.63) is 0 Å². The summed E-state index contributed by atoms with van der Waals surface area (Å²) in [5, 5.41) is 2.50. The van der Waals surface area contributed by atoms with Gasteiger partial charge in [0.2, 0.25) is 0 Å². The molecule has 1 aliphatic heterocycles. The van der Waals surface area contributed by atoms with E-state index in [1.54, 1.807) is 13.8 Å². The summed E-state index contributed by atoms with van der Waals surface area (Å²) < 4.78 is 27.8. The van der Waals surface area contributed by atoms with E-state index in [1.807, 2.05) is 0 Å². The summed E-state index contributed by atoms with van der Waals surface area (Å²) in [4.78, 5) is 11.2. The van der Waals surface area contributed by atoms with E-state index in [0.29, 0.717) is 13.0 Å². The third-order valence-electron chi connectivity index (χ3n) is 2.47. The van der Waals surface area contributed by atoms with Crippen molar-refractivity contribution in [2.24, 2.45) is 0 Å². The Morgan fingerprint density at radius 2 is 2.19 bits per heavy atom. The Morgan fingerprint density at radius 1 is 1.50 bits per heavy atom. The second kappa shape index (κ2) is 5.63. The normalized spacial score (nSPS) is 23.6. The quantitative estimate of drug-likeness (QED) is 0.700. The van der Waals surface area contributed by atoms with Gasteiger partial charge < -0.3 is 10.1 Å². The van der Waals surface area contributed by atoms with Gasteiger partial charge in [-0.3, -0.25) is 4.79 Å². The Kier molecular flexibility index (Phi) is 4.73. The molecule has 0 aromatic rings. The van der Waals surface area contributed by atoms with Crippen LogP contribution in [0, 0.1) is 0 Å². The molecule has 1 saturated heterocycles. The van der Waals surface area contributed by atoms with Gasteiger partial charge in [0, 0.05) is 6.54 Å². The van der Waals surface area contributed by atoms with Crippen molar-refractivity contribution in [1.29, 1.82) is 0 Å². The molecule has 0 aromatic carbocycles. The van der Waals surface area contributed by atoms with Crippen LogP contribution in [0.3, 0.4) is 0 Å². The first kappa shape index (κ1) is 13.4. The predicted molar refractivity (Wildman–Crippen MR) is 60.9 cm³/mol. The molecule has 5 nitrogen and oxygen atoms in total. The minimum atomic E-state index is -2.92. The SMILES string of the molecule is CC(C)OC(=O)CNCC1CCCS1(=O)=O. The van der Waals surface area contributed by atoms with Crippen LogP contribution in [0.5, 0.6) is 0 Å². The third kappa shape index (κ3) is 4.09. The molecule has 1 heterocycles. The fraction of sp³-hybridized carbons (Fsp3) is 0.900. The zero-order chi connectivity index (χ0) is 12.2. The van der Waals surface area contributed by atoms with Crippen molar-refractivity contribution in [2.75, 3.05) is 18.8 Å². The molecule has 0 aromatic heterocycles. The molecule has 1 atom stereocenters. The first-order chi connectivity index (χ1) is 7.42. The zero-order valence-corrected chi connectivity index (χ0v) is 10.5. The second-order valence-electron chi connectivity index (χ2n) is 4.30. The lowest BCUT2D eigenvalue weighted by molar-refractivity contribution is -0.146. The lowest BCUT2D eigenvalue weighted by Crippen LogP contribution is -2.34. The summed E-state index contributed by atoms with van der Waals surface area (Å²) in [7, 11) is -2.92. The van der Waals surface area contributed by atoms with Gasteiger partial charge in [0.15, 0.2) is 9.84 Å². The van der Waals surface area contributed by atoms with Crippen LogP contribution in [0.15, 0.2) is 0 Å². The molecule has 0 radical (unpaired) electrons. The van der Waals surface area contributed by atoms with Crippen LogP contribution in [0.25, 0.3) is 0 Å². The number of rotatable bonds is 5. The first-order valence-electron chi connectivity index (χ1n) is 5.53. The van der Waals surface area contributed by atoms with Crippen LogP contribution in [-0.4, -0.2) is 44.6 Å². The van der Waals surface area contributed by atoms with Crippen molar-refractivity contribution in [2.45, 2.75) is 38.0 Å². The van der Waals surface area contributed by atoms with Crippen LogP contribution < -0.4 is 5.32 Å². The minimum absolute atomic E-state index is 0.0736. The molecule has 0 amide bonds. The molecule has 6 heteroatoms. The van der Waals surface area contributed by atoms with Gasteiger partial charge in [0.1, 0.15) is 0 Å². The molecule has 1 fully saturated rings. The van der Waals surface area contributed by atoms with Gasteiger partial charge in [-0.1, -0.05) is 0 Å². The maximum absolute atomic E-state index is 11.5. The first-order valence-corrected chi connectivity index (χ1v) is 7.25. The molecular weight excluding hydrogens is 230 g/mol. The fourth-order valence-corrected chi connectivity index (χ4v) is 3.53. The van der Waals surface area contributed by atoms with Crippen LogP contribution in [0.2, 0.25) is 0 Å². The number of hydrogen-bond donors (Lipinski definition) is 1. The standard InChI is InChI=1S/C10H19NO4S/c1-8(2)15-10(12)7-11-6-9-4-3-5-16(9,13)14/h8-9,11H,3-7H2,1-2H3. The minimum Gasteiger partial charge on any atom is -0.462 e. The molecule has 1 N–H and O–H groups in total. The summed E-state index contributed by atoms with van der Waals surface area (Å²) in [6.45, 7) is 3.97. The summed E-state index contributed by atoms with van der Waals surface area (Å²) in [6.07, 6.45) is 1.28. The van der Waals surface area contributed by atoms with Crippen LogP contribution in [0.1, 0.15) is 26.7 Å². The van der Waals surface area contributed by atoms with E-state index in [9.17, 15) is 13.2 Å². The average Bonchev–Trinajstić information content (AvgIpc) is 2.44. The topological polar surface area (TPSA) is 72.5 Å². The summed E-state index contributed by atoms with van der Waals surface area (Å²) in [5.41, 5.74) is 0. The maximum atomic E-state index is 11.5. The van der Waals surface area contributed by atoms with Gasteiger partial charge in [-0.05, 0) is 26.7 Å². The zero-order valence-electron chi connectivity index (χ0n) is 9.73. The Hall–Kier alpha value is -0.620. The highest BCUT2D eigenvalue weighted by Gasteiger charge is 2.30. The number of sulfone groups is 1. The lowest BCUT2D eigenvalue weighted by Gasteiger charge is -2.11. The molecule has 94 valence electrons. The lowest BCUT2D eigenvalue weighted by atomic mass is 10.2. The molecule has 1 unspecified atom stereocenters. The largest absolute Gasteiger partial charge is 0.462 e. The highest BCUT2D eigenvalue weighted by atomic mass is 32.2. The van der Waals surface area contributed by atoms with E-state index in [4.69, 9.17) is 4.74 Å². The van der Waals surface area contributed by atoms with Crippen molar-refractivity contribution in [1.82, 2.24) is 5.32 Å². The van der Waals surface area contributed by atoms with E-state index in [2.05, 4.69) is 5.32 Å². The number of esters is 1. The van der Waals surface area contributed by atoms with Gasteiger partial charge in [-0.2, -0.15) is 0 Å². The van der Waals surface area contributed by atoms with Crippen LogP contribution in [0.4, 0.5) is 0 Å². The van der Waals surface area contributed by atoms with Gasteiger partial charge in [-0.25, -0.2) is 8.42 Å². The highest BCUT2D eigenvalue weighted by Crippen LogP contribution is 2.18.